The highest BCUT2D eigenvalue weighted by Gasteiger charge is 2.33. The fraction of sp³-hybridized carbons (Fsp3) is 0.440. The van der Waals surface area contributed by atoms with Crippen molar-refractivity contribution >= 4 is 24.4 Å². The lowest BCUT2D eigenvalue weighted by molar-refractivity contribution is -0.176. The molecule has 0 aliphatic heterocycles. The largest absolute Gasteiger partial charge is 0.533 e. The van der Waals surface area contributed by atoms with Crippen LogP contribution in [-0.4, -0.2) is 49.3 Å². The Bertz CT molecular complexity index is 961. The molecule has 3 amide bonds. The Kier molecular flexibility index (Phi) is 11.3. The minimum Gasteiger partial charge on any atom is -0.451 e. The standard InChI is InChI=1S/C25H33N3O7/c1-4-6-8-13-19(20(5-2)28(17-29)35-25(32)33-3)23(30)26-16-27-24(31)22-15-14-21(34-22)18-11-9-7-10-12-18/h7,9-12,14-15,17,19-20H,4-6,8,13,16H2,1-3H3,(H,26,30)(H,27,31)/t19-,20-/m1/s1. The molecule has 35 heavy (non-hydrogen) atoms. The first kappa shape index (κ1) is 27.4. The van der Waals surface area contributed by atoms with Crippen molar-refractivity contribution < 1.29 is 33.2 Å². The molecule has 2 N–H and O–H groups in total. The van der Waals surface area contributed by atoms with Gasteiger partial charge in [-0.25, -0.2) is 4.79 Å². The van der Waals surface area contributed by atoms with Crippen LogP contribution < -0.4 is 10.6 Å². The predicted octanol–water partition coefficient (Wildman–Crippen LogP) is 3.88. The van der Waals surface area contributed by atoms with Crippen LogP contribution in [0.3, 0.4) is 0 Å². The monoisotopic (exact) mass is 487 g/mol. The van der Waals surface area contributed by atoms with E-state index in [2.05, 4.69) is 15.4 Å². The maximum atomic E-state index is 13.0. The zero-order chi connectivity index (χ0) is 25.6. The second-order valence-electron chi connectivity index (χ2n) is 7.84. The molecule has 10 nitrogen and oxygen atoms in total. The van der Waals surface area contributed by atoms with Crippen LogP contribution in [0.1, 0.15) is 56.5 Å². The zero-order valence-corrected chi connectivity index (χ0v) is 20.3. The van der Waals surface area contributed by atoms with Gasteiger partial charge in [-0.15, -0.1) is 0 Å². The molecular weight excluding hydrogens is 454 g/mol. The first-order valence-electron chi connectivity index (χ1n) is 11.7. The fourth-order valence-electron chi connectivity index (χ4n) is 3.69. The average Bonchev–Trinajstić information content (AvgIpc) is 3.38. The van der Waals surface area contributed by atoms with Crippen LogP contribution in [-0.2, 0) is 19.2 Å². The van der Waals surface area contributed by atoms with Gasteiger partial charge in [-0.1, -0.05) is 63.4 Å². The third-order valence-corrected chi connectivity index (χ3v) is 5.52. The van der Waals surface area contributed by atoms with E-state index < -0.39 is 24.0 Å². The van der Waals surface area contributed by atoms with E-state index in [1.807, 2.05) is 37.3 Å². The molecule has 0 fully saturated rings. The first-order valence-corrected chi connectivity index (χ1v) is 11.7. The summed E-state index contributed by atoms with van der Waals surface area (Å²) in [6.45, 7) is 3.68. The van der Waals surface area contributed by atoms with Crippen molar-refractivity contribution in [3.63, 3.8) is 0 Å². The van der Waals surface area contributed by atoms with Crippen molar-refractivity contribution in [2.45, 2.75) is 52.0 Å². The topological polar surface area (TPSA) is 127 Å². The summed E-state index contributed by atoms with van der Waals surface area (Å²) in [6.07, 6.45) is 2.74. The van der Waals surface area contributed by atoms with Gasteiger partial charge in [-0.3, -0.25) is 14.4 Å². The highest BCUT2D eigenvalue weighted by molar-refractivity contribution is 5.92. The number of unbranched alkanes of at least 4 members (excludes halogenated alkanes) is 2. The fourth-order valence-corrected chi connectivity index (χ4v) is 3.69. The summed E-state index contributed by atoms with van der Waals surface area (Å²) in [5.41, 5.74) is 0.842. The van der Waals surface area contributed by atoms with Crippen molar-refractivity contribution in [2.75, 3.05) is 13.8 Å². The molecule has 1 aromatic heterocycles. The number of amides is 3. The van der Waals surface area contributed by atoms with Crippen LogP contribution in [0.15, 0.2) is 46.9 Å². The summed E-state index contributed by atoms with van der Waals surface area (Å²) >= 11 is 0. The Morgan fingerprint density at radius 2 is 1.80 bits per heavy atom. The first-order chi connectivity index (χ1) is 16.9. The maximum absolute atomic E-state index is 13.0. The van der Waals surface area contributed by atoms with Crippen molar-refractivity contribution in [2.24, 2.45) is 5.92 Å². The number of nitrogens with zero attached hydrogens (tertiary/aromatic N) is 1. The van der Waals surface area contributed by atoms with Gasteiger partial charge in [0, 0.05) is 5.56 Å². The molecule has 0 saturated heterocycles. The van der Waals surface area contributed by atoms with Gasteiger partial charge in [0.15, 0.2) is 5.76 Å². The summed E-state index contributed by atoms with van der Waals surface area (Å²) in [7, 11) is 1.13. The van der Waals surface area contributed by atoms with Crippen molar-refractivity contribution in [3.05, 3.63) is 48.2 Å². The lowest BCUT2D eigenvalue weighted by atomic mass is 9.90. The molecule has 2 rings (SSSR count). The molecule has 2 atom stereocenters. The molecule has 2 aromatic rings. The van der Waals surface area contributed by atoms with Gasteiger partial charge < -0.3 is 24.6 Å². The van der Waals surface area contributed by atoms with Crippen LogP contribution in [0.4, 0.5) is 4.79 Å². The third-order valence-electron chi connectivity index (χ3n) is 5.52. The van der Waals surface area contributed by atoms with Crippen LogP contribution in [0.2, 0.25) is 0 Å². The summed E-state index contributed by atoms with van der Waals surface area (Å²) in [6, 6.07) is 11.9. The maximum Gasteiger partial charge on any atom is 0.533 e. The van der Waals surface area contributed by atoms with Crippen molar-refractivity contribution in [3.8, 4) is 11.3 Å². The smallest absolute Gasteiger partial charge is 0.451 e. The number of methoxy groups -OCH3 is 1. The SMILES string of the molecule is CCCCC[C@@H](C(=O)NCNC(=O)c1ccc(-c2ccccc2)o1)[C@@H](CC)N(C=O)OC(=O)OC. The van der Waals surface area contributed by atoms with E-state index in [1.54, 1.807) is 19.1 Å². The molecule has 0 aliphatic rings. The third kappa shape index (κ3) is 8.16. The minimum absolute atomic E-state index is 0.114. The number of carbonyl (C=O) groups excluding carboxylic acids is 4. The predicted molar refractivity (Wildman–Crippen MR) is 128 cm³/mol. The van der Waals surface area contributed by atoms with E-state index in [4.69, 9.17) is 9.25 Å². The van der Waals surface area contributed by atoms with Gasteiger partial charge in [0.1, 0.15) is 5.76 Å². The number of ether oxygens (including phenoxy) is 1. The van der Waals surface area contributed by atoms with E-state index in [1.165, 1.54) is 0 Å². The Balaban J connectivity index is 2.00. The number of benzene rings is 1. The highest BCUT2D eigenvalue weighted by atomic mass is 16.8. The molecule has 0 bridgehead atoms. The Morgan fingerprint density at radius 1 is 1.06 bits per heavy atom. The quantitative estimate of drug-likeness (QED) is 0.136. The van der Waals surface area contributed by atoms with Crippen LogP contribution in [0.5, 0.6) is 0 Å². The molecule has 0 saturated carbocycles. The summed E-state index contributed by atoms with van der Waals surface area (Å²) < 4.78 is 10.1. The number of furan rings is 1. The molecule has 0 spiro atoms. The molecule has 190 valence electrons. The van der Waals surface area contributed by atoms with Gasteiger partial charge in [0.05, 0.1) is 25.7 Å². The molecule has 10 heteroatoms. The number of hydroxylamine groups is 2. The molecule has 0 radical (unpaired) electrons. The zero-order valence-electron chi connectivity index (χ0n) is 20.3. The number of carbonyl (C=O) groups is 4. The van der Waals surface area contributed by atoms with Crippen LogP contribution in [0, 0.1) is 5.92 Å². The van der Waals surface area contributed by atoms with E-state index in [0.29, 0.717) is 25.0 Å². The molecule has 0 unspecified atom stereocenters. The number of hydrogen-bond donors (Lipinski definition) is 2. The van der Waals surface area contributed by atoms with Crippen molar-refractivity contribution in [1.29, 1.82) is 0 Å². The summed E-state index contributed by atoms with van der Waals surface area (Å²) in [4.78, 5) is 53.5. The molecule has 1 aromatic carbocycles. The second kappa shape index (κ2) is 14.4. The van der Waals surface area contributed by atoms with E-state index >= 15 is 0 Å². The normalized spacial score (nSPS) is 12.2. The van der Waals surface area contributed by atoms with E-state index in [0.717, 1.165) is 37.0 Å². The molecule has 1 heterocycles. The van der Waals surface area contributed by atoms with Crippen LogP contribution in [0.25, 0.3) is 11.3 Å². The van der Waals surface area contributed by atoms with Gasteiger partial charge in [-0.2, -0.15) is 5.06 Å². The lowest BCUT2D eigenvalue weighted by Gasteiger charge is -2.31. The van der Waals surface area contributed by atoms with Crippen LogP contribution >= 0.6 is 0 Å². The Hall–Kier alpha value is -3.82. The highest BCUT2D eigenvalue weighted by Crippen LogP contribution is 2.23. The van der Waals surface area contributed by atoms with E-state index in [9.17, 15) is 19.2 Å². The average molecular weight is 488 g/mol. The van der Waals surface area contributed by atoms with Gasteiger partial charge in [0.25, 0.3) is 5.91 Å². The number of nitrogens with one attached hydrogen (secondary N) is 2. The van der Waals surface area contributed by atoms with Crippen molar-refractivity contribution in [1.82, 2.24) is 15.7 Å². The minimum atomic E-state index is -1.05. The second-order valence-corrected chi connectivity index (χ2v) is 7.84. The molecule has 0 aliphatic carbocycles. The Labute approximate surface area is 204 Å². The summed E-state index contributed by atoms with van der Waals surface area (Å²) in [5, 5.41) is 6.10. The molecular formula is C25H33N3O7. The Morgan fingerprint density at radius 3 is 2.43 bits per heavy atom. The van der Waals surface area contributed by atoms with Gasteiger partial charge in [-0.05, 0) is 25.0 Å². The number of hydrogen-bond acceptors (Lipinski definition) is 7. The summed E-state index contributed by atoms with van der Waals surface area (Å²) in [5.74, 6) is -0.848. The lowest BCUT2D eigenvalue weighted by Crippen LogP contribution is -2.49. The van der Waals surface area contributed by atoms with E-state index in [-0.39, 0.29) is 18.3 Å². The van der Waals surface area contributed by atoms with Gasteiger partial charge in [0.2, 0.25) is 12.3 Å². The number of rotatable bonds is 14. The van der Waals surface area contributed by atoms with Gasteiger partial charge >= 0.3 is 6.16 Å².